The van der Waals surface area contributed by atoms with E-state index in [1.54, 1.807) is 13.8 Å². The van der Waals surface area contributed by atoms with Crippen LogP contribution in [0, 0.1) is 17.8 Å². The molecule has 0 fully saturated rings. The molecule has 0 saturated carbocycles. The second-order valence-corrected chi connectivity index (χ2v) is 35.7. The SMILES string of the molecule is CCC(CO)COP(=O)([O-])OCCOP(=O)([O-])OCCOP(=O)([O-])OCCOP(=O)([O-])OCCOP(=O)([O-])OCCOP(=O)([O-])OCCOP(=O)([O-])OCCOP(=O)([O-])OCCOP(=O)([O-])OCCOP(=O)([O-])OCC(CC)COP(=O)([O-])O.CCOP(=O)([O-])OCC(CC)COP(=O)([O-])O. The zero-order valence-electron chi connectivity index (χ0n) is 53.1. The molecule has 0 bridgehead atoms. The van der Waals surface area contributed by atoms with Gasteiger partial charge in [-0.3, -0.25) is 59.3 Å². The molecular formula is C35H74O53P13-13. The van der Waals surface area contributed by atoms with Gasteiger partial charge in [0, 0.05) is 24.4 Å². The third-order valence-corrected chi connectivity index (χ3v) is 21.8. The van der Waals surface area contributed by atoms with Crippen molar-refractivity contribution in [1.29, 1.82) is 0 Å². The fourth-order valence-electron chi connectivity index (χ4n) is 5.11. The molecule has 101 heavy (non-hydrogen) atoms. The van der Waals surface area contributed by atoms with Crippen LogP contribution in [0.1, 0.15) is 47.0 Å². The molecule has 16 atom stereocenters. The van der Waals surface area contributed by atoms with Crippen LogP contribution in [0.2, 0.25) is 0 Å². The van der Waals surface area contributed by atoms with Gasteiger partial charge in [0.25, 0.3) is 102 Å². The van der Waals surface area contributed by atoms with E-state index < -0.39 is 258 Å². The van der Waals surface area contributed by atoms with Gasteiger partial charge >= 0.3 is 0 Å². The Morgan fingerprint density at radius 2 is 0.347 bits per heavy atom. The predicted octanol–water partition coefficient (Wildman–Crippen LogP) is -4.46. The van der Waals surface area contributed by atoms with E-state index in [2.05, 4.69) is 109 Å². The molecule has 0 heterocycles. The number of phosphoric ester groups is 13. The molecule has 66 heteroatoms. The molecule has 0 aromatic rings. The van der Waals surface area contributed by atoms with Crippen LogP contribution in [-0.2, 0) is 168 Å². The maximum Gasteiger partial charge on any atom is 0.268 e. The van der Waals surface area contributed by atoms with E-state index in [4.69, 9.17) is 14.9 Å². The fourth-order valence-corrected chi connectivity index (χ4v) is 13.6. The van der Waals surface area contributed by atoms with Crippen molar-refractivity contribution >= 4 is 102 Å². The Bertz CT molecular complexity index is 2940. The predicted molar refractivity (Wildman–Crippen MR) is 300 cm³/mol. The molecule has 0 saturated heterocycles. The quantitative estimate of drug-likeness (QED) is 0.0382. The molecule has 610 valence electrons. The second-order valence-electron chi connectivity index (χ2n) is 17.8. The van der Waals surface area contributed by atoms with E-state index in [0.29, 0.717) is 12.8 Å². The molecule has 0 amide bonds. The molecule has 0 aliphatic carbocycles. The molecule has 0 aliphatic heterocycles. The van der Waals surface area contributed by atoms with Gasteiger partial charge in [0.15, 0.2) is 0 Å². The number of aliphatic hydroxyl groups is 1. The first-order valence-electron chi connectivity index (χ1n) is 27.8. The van der Waals surface area contributed by atoms with Gasteiger partial charge in [0.2, 0.25) is 0 Å². The van der Waals surface area contributed by atoms with Crippen molar-refractivity contribution in [3.05, 3.63) is 0 Å². The van der Waals surface area contributed by atoms with Crippen molar-refractivity contribution in [3.63, 3.8) is 0 Å². The molecule has 0 aliphatic rings. The van der Waals surface area contributed by atoms with E-state index in [-0.39, 0.29) is 32.8 Å². The van der Waals surface area contributed by atoms with Crippen LogP contribution in [0.4, 0.5) is 0 Å². The van der Waals surface area contributed by atoms with E-state index in [1.807, 2.05) is 0 Å². The standard InChI is InChI=1S/C28H69O45P11.C7H18O8P2/c1-3-27(23-29)24-72-83(49,50)69-21-19-67-81(45,46)65-17-15-63-79(41,42)61-13-11-59-77(37,38)57-9-7-55-75(33,34)53-5-6-54-76(35,36)56-8-10-58-78(39,40)60-12-14-62-80(43,44)64-16-18-66-82(47,48)68-20-22-70-84(51,52)73-26-28(4-2)25-71-74(30,31)32;1-3-7(5-14-16(8,9)10)6-15-17(11,12)13-4-2/h27-29H,3-26H2,1-2H3,(H,33,34)(H,35,36)(H,37,38)(H,39,40)(H,41,42)(H,43,44)(H,45,46)(H,47,48)(H,49,50)(H,51,52)(H2,30,31,32);7H,3-6H2,1-2H3,(H,11,12)(H2,8,9,10)/p-13. The molecule has 0 aromatic heterocycles. The number of hydrogen-bond acceptors (Lipinski definition) is 51. The third kappa shape index (κ3) is 64.7. The highest BCUT2D eigenvalue weighted by atomic mass is 31.2. The highest BCUT2D eigenvalue weighted by Gasteiger charge is 2.23. The summed E-state index contributed by atoms with van der Waals surface area (Å²) in [7, 11) is -66.3. The summed E-state index contributed by atoms with van der Waals surface area (Å²) in [6.45, 7) is -14.6. The lowest BCUT2D eigenvalue weighted by Gasteiger charge is -2.27. The fraction of sp³-hybridized carbons (Fsp3) is 1.00. The van der Waals surface area contributed by atoms with Gasteiger partial charge in [-0.25, -0.2) is 0 Å². The summed E-state index contributed by atoms with van der Waals surface area (Å²) < 4.78 is 254. The van der Waals surface area contributed by atoms with Crippen molar-refractivity contribution in [1.82, 2.24) is 0 Å². The first kappa shape index (κ1) is 104. The molecule has 0 radical (unpaired) electrons. The van der Waals surface area contributed by atoms with Crippen molar-refractivity contribution in [2.75, 3.05) is 165 Å². The van der Waals surface area contributed by atoms with Crippen LogP contribution in [0.15, 0.2) is 0 Å². The van der Waals surface area contributed by atoms with Crippen molar-refractivity contribution in [2.45, 2.75) is 47.0 Å². The minimum atomic E-state index is -5.31. The lowest BCUT2D eigenvalue weighted by molar-refractivity contribution is -0.239. The molecule has 16 unspecified atom stereocenters. The Morgan fingerprint density at radius 1 is 0.218 bits per heavy atom. The summed E-state index contributed by atoms with van der Waals surface area (Å²) in [5.41, 5.74) is 0. The van der Waals surface area contributed by atoms with Gasteiger partial charge in [-0.15, -0.1) is 0 Å². The first-order chi connectivity index (χ1) is 46.2. The summed E-state index contributed by atoms with van der Waals surface area (Å²) in [6, 6.07) is 0. The molecule has 53 nitrogen and oxygen atoms in total. The van der Waals surface area contributed by atoms with Crippen molar-refractivity contribution in [3.8, 4) is 0 Å². The van der Waals surface area contributed by atoms with Crippen LogP contribution < -0.4 is 63.6 Å². The van der Waals surface area contributed by atoms with Crippen molar-refractivity contribution < 1.29 is 246 Å². The van der Waals surface area contributed by atoms with Gasteiger partial charge in [0.1, 0.15) is 0 Å². The Labute approximate surface area is 576 Å². The van der Waals surface area contributed by atoms with Gasteiger partial charge in [-0.05, 0) is 26.2 Å². The summed E-state index contributed by atoms with van der Waals surface area (Å²) in [4.78, 5) is 167. The first-order valence-corrected chi connectivity index (χ1v) is 46.8. The van der Waals surface area contributed by atoms with E-state index in [1.165, 1.54) is 13.8 Å². The zero-order valence-corrected chi connectivity index (χ0v) is 64.7. The highest BCUT2D eigenvalue weighted by Crippen LogP contribution is 2.48. The molecule has 3 N–H and O–H groups in total. The maximum atomic E-state index is 11.9. The zero-order chi connectivity index (χ0) is 78.0. The van der Waals surface area contributed by atoms with Crippen LogP contribution in [0.3, 0.4) is 0 Å². The third-order valence-electron chi connectivity index (χ3n) is 9.87. The van der Waals surface area contributed by atoms with E-state index in [0.717, 1.165) is 0 Å². The number of hydrogen-bond donors (Lipinski definition) is 3. The summed E-state index contributed by atoms with van der Waals surface area (Å²) in [5, 5.41) is 9.04. The van der Waals surface area contributed by atoms with Gasteiger partial charge in [-0.2, -0.15) is 0 Å². The average Bonchev–Trinajstić information content (AvgIpc) is 0.928. The minimum Gasteiger partial charge on any atom is -0.756 e. The van der Waals surface area contributed by atoms with Crippen LogP contribution in [0.5, 0.6) is 0 Å². The second kappa shape index (κ2) is 51.8. The Balaban J connectivity index is 0. The lowest BCUT2D eigenvalue weighted by Crippen LogP contribution is -2.20. The number of aliphatic hydroxyl groups excluding tert-OH is 1. The molecule has 0 aromatic carbocycles. The highest BCUT2D eigenvalue weighted by molar-refractivity contribution is 7.49. The Hall–Kier alpha value is 1.39. The Morgan fingerprint density at radius 3 is 0.475 bits per heavy atom. The number of rotatable bonds is 66. The Kier molecular flexibility index (Phi) is 53.6. The molecule has 0 spiro atoms. The number of phosphoric acid groups is 13. The summed E-state index contributed by atoms with van der Waals surface area (Å²) >= 11 is 0. The molecule has 0 rings (SSSR count). The van der Waals surface area contributed by atoms with Crippen LogP contribution in [0.25, 0.3) is 0 Å². The largest absolute Gasteiger partial charge is 0.756 e. The van der Waals surface area contributed by atoms with Gasteiger partial charge in [0.05, 0.1) is 159 Å². The summed E-state index contributed by atoms with van der Waals surface area (Å²) in [5.74, 6) is -1.81. The normalized spacial score (nSPS) is 21.0. The van der Waals surface area contributed by atoms with Crippen molar-refractivity contribution in [2.24, 2.45) is 17.8 Å². The average molecular weight is 1750 g/mol. The smallest absolute Gasteiger partial charge is 0.268 e. The van der Waals surface area contributed by atoms with Crippen LogP contribution in [-0.4, -0.2) is 180 Å². The maximum absolute atomic E-state index is 11.9. The lowest BCUT2D eigenvalue weighted by atomic mass is 10.1. The van der Waals surface area contributed by atoms with Gasteiger partial charge < -0.3 is 187 Å². The topological polar surface area (TPSA) is 804 Å². The molecular weight excluding hydrogens is 1670 g/mol. The monoisotopic (exact) mass is 1740 g/mol. The minimum absolute atomic E-state index is 0.0412. The van der Waals surface area contributed by atoms with E-state index >= 15 is 0 Å². The van der Waals surface area contributed by atoms with Crippen LogP contribution >= 0.6 is 102 Å². The van der Waals surface area contributed by atoms with Gasteiger partial charge in [-0.1, -0.05) is 20.8 Å². The van der Waals surface area contributed by atoms with E-state index in [9.17, 15) is 123 Å². The summed E-state index contributed by atoms with van der Waals surface area (Å²) in [6.07, 6.45) is 0.953.